The quantitative estimate of drug-likeness (QED) is 0.666. The van der Waals surface area contributed by atoms with Gasteiger partial charge in [-0.1, -0.05) is 18.2 Å². The van der Waals surface area contributed by atoms with Crippen molar-refractivity contribution >= 4 is 11.6 Å². The third-order valence-electron chi connectivity index (χ3n) is 6.10. The van der Waals surface area contributed by atoms with Gasteiger partial charge in [0.25, 0.3) is 0 Å². The molecule has 32 heavy (non-hydrogen) atoms. The van der Waals surface area contributed by atoms with E-state index in [1.54, 1.807) is 18.2 Å². The number of aryl methyl sites for hydroxylation is 1. The van der Waals surface area contributed by atoms with E-state index >= 15 is 0 Å². The molecule has 2 aromatic rings. The number of benzene rings is 2. The van der Waals surface area contributed by atoms with Gasteiger partial charge in [0.05, 0.1) is 6.10 Å². The third-order valence-corrected chi connectivity index (χ3v) is 6.10. The lowest BCUT2D eigenvalue weighted by Crippen LogP contribution is -2.33. The highest BCUT2D eigenvalue weighted by molar-refractivity contribution is 5.93. The number of aliphatic hydroxyl groups excluding tert-OH is 1. The summed E-state index contributed by atoms with van der Waals surface area (Å²) in [4.78, 5) is 13.4. The van der Waals surface area contributed by atoms with E-state index in [0.717, 1.165) is 22.9 Å². The maximum Gasteiger partial charge on any atom is 0.224 e. The Hall–Kier alpha value is -3.07. The van der Waals surface area contributed by atoms with E-state index in [2.05, 4.69) is 5.32 Å². The molecule has 5 rings (SSSR count). The zero-order chi connectivity index (χ0) is 22.5. The normalized spacial score (nSPS) is 23.2. The number of hydrogen-bond donors (Lipinski definition) is 3. The van der Waals surface area contributed by atoms with Gasteiger partial charge in [0.1, 0.15) is 11.4 Å². The Morgan fingerprint density at radius 3 is 2.88 bits per heavy atom. The number of anilines is 1. The van der Waals surface area contributed by atoms with E-state index in [0.29, 0.717) is 31.5 Å². The molecule has 1 aliphatic carbocycles. The fraction of sp³-hybridized carbons (Fsp3) is 0.292. The predicted octanol–water partition coefficient (Wildman–Crippen LogP) is 2.83. The van der Waals surface area contributed by atoms with E-state index in [-0.39, 0.29) is 24.0 Å². The number of nitrogens with one attached hydrogen (secondary N) is 1. The Morgan fingerprint density at radius 1 is 1.22 bits per heavy atom. The van der Waals surface area contributed by atoms with Gasteiger partial charge in [0.15, 0.2) is 11.6 Å². The molecule has 1 amide bonds. The Kier molecular flexibility index (Phi) is 5.08. The molecule has 2 aliphatic heterocycles. The molecule has 166 valence electrons. The highest BCUT2D eigenvalue weighted by Crippen LogP contribution is 2.37. The molecule has 0 aromatic heterocycles. The first-order chi connectivity index (χ1) is 15.3. The van der Waals surface area contributed by atoms with Crippen molar-refractivity contribution in [2.24, 2.45) is 0 Å². The van der Waals surface area contributed by atoms with E-state index in [9.17, 15) is 23.8 Å². The zero-order valence-corrected chi connectivity index (χ0v) is 17.1. The highest BCUT2D eigenvalue weighted by atomic mass is 19.2. The zero-order valence-electron chi connectivity index (χ0n) is 17.1. The molecule has 0 spiro atoms. The Labute approximate surface area is 183 Å². The summed E-state index contributed by atoms with van der Waals surface area (Å²) < 4.78 is 32.7. The number of hydrogen-bond acceptors (Lipinski definition) is 5. The minimum atomic E-state index is -1.28. The lowest BCUT2D eigenvalue weighted by molar-refractivity contribution is -0.116. The summed E-state index contributed by atoms with van der Waals surface area (Å²) in [5.74, 6) is -2.08. The Morgan fingerprint density at radius 2 is 2.06 bits per heavy atom. The maximum atomic E-state index is 13.9. The number of carbonyl (C=O) groups is 1. The highest BCUT2D eigenvalue weighted by Gasteiger charge is 2.43. The van der Waals surface area contributed by atoms with Crippen molar-refractivity contribution in [3.63, 3.8) is 0 Å². The summed E-state index contributed by atoms with van der Waals surface area (Å²) in [6.07, 6.45) is 3.41. The summed E-state index contributed by atoms with van der Waals surface area (Å²) >= 11 is 0. The van der Waals surface area contributed by atoms with Gasteiger partial charge >= 0.3 is 0 Å². The van der Waals surface area contributed by atoms with Gasteiger partial charge in [-0.25, -0.2) is 4.39 Å². The standard InChI is InChI=1S/C24H22F2N2O4/c25-18-2-1-3-21(23(18)26)32-17-9-16-11-28(13-24(16,31)10-17)12-20(29)15-4-6-19-14(8-15)5-7-22(30)27-19/h1-4,6,8-10,20,29,31H,5,7,11-13H2,(H,27,30)/t20-,24-/m0/s1. The van der Waals surface area contributed by atoms with Gasteiger partial charge in [0.2, 0.25) is 11.7 Å². The van der Waals surface area contributed by atoms with Crippen molar-refractivity contribution in [3.8, 4) is 5.75 Å². The molecule has 8 heteroatoms. The first-order valence-corrected chi connectivity index (χ1v) is 10.4. The molecular formula is C24H22F2N2O4. The number of likely N-dealkylation sites (tertiary alicyclic amines) is 1. The van der Waals surface area contributed by atoms with Gasteiger partial charge in [-0.15, -0.1) is 0 Å². The summed E-state index contributed by atoms with van der Waals surface area (Å²) in [7, 11) is 0. The second-order valence-electron chi connectivity index (χ2n) is 8.44. The third kappa shape index (κ3) is 3.81. The topological polar surface area (TPSA) is 82.0 Å². The van der Waals surface area contributed by atoms with Gasteiger partial charge < -0.3 is 20.3 Å². The number of ether oxygens (including phenoxy) is 1. The first kappa shape index (κ1) is 20.8. The largest absolute Gasteiger partial charge is 0.454 e. The molecule has 2 heterocycles. The molecule has 1 saturated heterocycles. The number of β-amino-alcohol motifs (C(OH)–C–C–N with tert-alkyl or cyclic N) is 2. The van der Waals surface area contributed by atoms with Gasteiger partial charge in [0, 0.05) is 31.7 Å². The van der Waals surface area contributed by atoms with Crippen molar-refractivity contribution < 1.29 is 28.5 Å². The smallest absolute Gasteiger partial charge is 0.224 e. The van der Waals surface area contributed by atoms with Gasteiger partial charge in [-0.3, -0.25) is 9.69 Å². The Bertz CT molecular complexity index is 1160. The number of fused-ring (bicyclic) bond motifs is 2. The molecule has 6 nitrogen and oxygen atoms in total. The minimum absolute atomic E-state index is 0.00698. The van der Waals surface area contributed by atoms with Crippen molar-refractivity contribution in [2.75, 3.05) is 25.0 Å². The van der Waals surface area contributed by atoms with Crippen LogP contribution in [-0.2, 0) is 11.2 Å². The molecule has 2 aromatic carbocycles. The average Bonchev–Trinajstić information content (AvgIpc) is 3.21. The summed E-state index contributed by atoms with van der Waals surface area (Å²) in [5.41, 5.74) is 1.91. The second kappa shape index (κ2) is 7.81. The number of carbonyl (C=O) groups excluding carboxylic acids is 1. The van der Waals surface area contributed by atoms with Crippen LogP contribution in [0.1, 0.15) is 23.7 Å². The fourth-order valence-corrected chi connectivity index (χ4v) is 4.47. The molecule has 2 atom stereocenters. The monoisotopic (exact) mass is 440 g/mol. The number of amides is 1. The van der Waals surface area contributed by atoms with Crippen molar-refractivity contribution in [1.82, 2.24) is 4.90 Å². The minimum Gasteiger partial charge on any atom is -0.454 e. The molecule has 3 aliphatic rings. The van der Waals surface area contributed by atoms with Gasteiger partial charge in [-0.05, 0) is 53.5 Å². The molecular weight excluding hydrogens is 418 g/mol. The number of nitrogens with zero attached hydrogens (tertiary/aromatic N) is 1. The Balaban J connectivity index is 1.24. The van der Waals surface area contributed by atoms with E-state index < -0.39 is 23.3 Å². The summed E-state index contributed by atoms with van der Waals surface area (Å²) in [6, 6.07) is 9.18. The summed E-state index contributed by atoms with van der Waals surface area (Å²) in [5, 5.41) is 24.5. The molecule has 0 saturated carbocycles. The SMILES string of the molecule is O=C1CCc2cc([C@@H](O)CN3CC4=CC(Oc5cccc(F)c5F)=C[C@]4(O)C3)ccc2N1. The summed E-state index contributed by atoms with van der Waals surface area (Å²) in [6.45, 7) is 0.965. The van der Waals surface area contributed by atoms with Crippen LogP contribution in [0.25, 0.3) is 0 Å². The van der Waals surface area contributed by atoms with Crippen LogP contribution in [0.4, 0.5) is 14.5 Å². The lowest BCUT2D eigenvalue weighted by atomic mass is 9.98. The molecule has 0 radical (unpaired) electrons. The van der Waals surface area contributed by atoms with Crippen molar-refractivity contribution in [1.29, 1.82) is 0 Å². The van der Waals surface area contributed by atoms with Crippen LogP contribution >= 0.6 is 0 Å². The number of rotatable bonds is 5. The van der Waals surface area contributed by atoms with Crippen molar-refractivity contribution in [3.05, 3.63) is 82.6 Å². The molecule has 3 N–H and O–H groups in total. The van der Waals surface area contributed by atoms with Crippen LogP contribution in [-0.4, -0.2) is 46.3 Å². The van der Waals surface area contributed by atoms with Crippen LogP contribution < -0.4 is 10.1 Å². The van der Waals surface area contributed by atoms with E-state index in [1.165, 1.54) is 18.2 Å². The van der Waals surface area contributed by atoms with Crippen LogP contribution in [0.5, 0.6) is 5.75 Å². The molecule has 0 bridgehead atoms. The molecule has 0 unspecified atom stereocenters. The predicted molar refractivity (Wildman–Crippen MR) is 113 cm³/mol. The molecule has 1 fully saturated rings. The lowest BCUT2D eigenvalue weighted by Gasteiger charge is -2.23. The van der Waals surface area contributed by atoms with Crippen LogP contribution in [0.2, 0.25) is 0 Å². The van der Waals surface area contributed by atoms with E-state index in [1.807, 2.05) is 11.0 Å². The van der Waals surface area contributed by atoms with Gasteiger partial charge in [-0.2, -0.15) is 4.39 Å². The first-order valence-electron chi connectivity index (χ1n) is 10.4. The average molecular weight is 440 g/mol. The van der Waals surface area contributed by atoms with Crippen LogP contribution in [0.15, 0.2) is 59.9 Å². The number of aliphatic hydroxyl groups is 2. The van der Waals surface area contributed by atoms with Crippen molar-refractivity contribution in [2.45, 2.75) is 24.5 Å². The van der Waals surface area contributed by atoms with Crippen LogP contribution in [0.3, 0.4) is 0 Å². The van der Waals surface area contributed by atoms with Crippen LogP contribution in [0, 0.1) is 11.6 Å². The number of halogens is 2. The van der Waals surface area contributed by atoms with E-state index in [4.69, 9.17) is 4.74 Å². The maximum absolute atomic E-state index is 13.9. The number of allylic oxidation sites excluding steroid dienone is 1. The fourth-order valence-electron chi connectivity index (χ4n) is 4.47. The second-order valence-corrected chi connectivity index (χ2v) is 8.44.